The third-order valence-corrected chi connectivity index (χ3v) is 2.94. The average Bonchev–Trinajstić information content (AvgIpc) is 2.55. The second-order valence-corrected chi connectivity index (χ2v) is 6.24. The van der Waals surface area contributed by atoms with Gasteiger partial charge in [-0.1, -0.05) is 0 Å². The minimum atomic E-state index is -0.762. The van der Waals surface area contributed by atoms with Crippen LogP contribution in [-0.4, -0.2) is 29.8 Å². The number of halogens is 1. The Morgan fingerprint density at radius 1 is 1.12 bits per heavy atom. The molecule has 8 heteroatoms. The SMILES string of the molecule is COC(=O)c1cc(Oc2ccc(NC(=O)OC(C)(C)C)c(F)c2)ccn1. The Balaban J connectivity index is 2.10. The van der Waals surface area contributed by atoms with Crippen LogP contribution in [0.3, 0.4) is 0 Å². The van der Waals surface area contributed by atoms with Crippen molar-refractivity contribution < 1.29 is 28.2 Å². The van der Waals surface area contributed by atoms with Crippen LogP contribution in [0.1, 0.15) is 31.3 Å². The summed E-state index contributed by atoms with van der Waals surface area (Å²) < 4.78 is 29.3. The number of hydrogen-bond donors (Lipinski definition) is 1. The first-order valence-corrected chi connectivity index (χ1v) is 7.70. The number of benzene rings is 1. The molecule has 1 amide bonds. The number of pyridine rings is 1. The first-order valence-electron chi connectivity index (χ1n) is 7.70. The van der Waals surface area contributed by atoms with Gasteiger partial charge >= 0.3 is 12.1 Å². The molecule has 7 nitrogen and oxygen atoms in total. The van der Waals surface area contributed by atoms with Crippen molar-refractivity contribution in [2.45, 2.75) is 26.4 Å². The second kappa shape index (κ2) is 7.81. The number of amides is 1. The molecule has 138 valence electrons. The van der Waals surface area contributed by atoms with Gasteiger partial charge in [-0.2, -0.15) is 0 Å². The number of carbonyl (C=O) groups is 2. The van der Waals surface area contributed by atoms with E-state index in [1.54, 1.807) is 20.8 Å². The molecule has 1 aromatic carbocycles. The molecule has 0 unspecified atom stereocenters. The predicted octanol–water partition coefficient (Wildman–Crippen LogP) is 4.15. The quantitative estimate of drug-likeness (QED) is 0.823. The Hall–Kier alpha value is -3.16. The van der Waals surface area contributed by atoms with Gasteiger partial charge in [0.2, 0.25) is 0 Å². The third kappa shape index (κ3) is 5.44. The smallest absolute Gasteiger partial charge is 0.412 e. The standard InChI is InChI=1S/C18H19FN2O5/c1-18(2,3)26-17(23)21-14-6-5-11(9-13(14)19)25-12-7-8-20-15(10-12)16(22)24-4/h5-10H,1-4H3,(H,21,23). The molecule has 0 saturated carbocycles. The van der Waals surface area contributed by atoms with Gasteiger partial charge in [0.1, 0.15) is 17.1 Å². The fourth-order valence-electron chi connectivity index (χ4n) is 1.90. The number of rotatable bonds is 4. The minimum Gasteiger partial charge on any atom is -0.464 e. The fourth-order valence-corrected chi connectivity index (χ4v) is 1.90. The molecular formula is C18H19FN2O5. The van der Waals surface area contributed by atoms with Gasteiger partial charge < -0.3 is 14.2 Å². The molecule has 1 heterocycles. The van der Waals surface area contributed by atoms with E-state index in [1.165, 1.54) is 37.6 Å². The summed E-state index contributed by atoms with van der Waals surface area (Å²) in [5.41, 5.74) is -0.673. The summed E-state index contributed by atoms with van der Waals surface area (Å²) in [5.74, 6) is -0.846. The maximum absolute atomic E-state index is 14.2. The topological polar surface area (TPSA) is 86.8 Å². The zero-order chi connectivity index (χ0) is 19.3. The van der Waals surface area contributed by atoms with Gasteiger partial charge in [-0.05, 0) is 39.0 Å². The van der Waals surface area contributed by atoms with E-state index in [9.17, 15) is 14.0 Å². The Bertz CT molecular complexity index is 817. The Kier molecular flexibility index (Phi) is 5.76. The summed E-state index contributed by atoms with van der Waals surface area (Å²) in [6, 6.07) is 6.80. The first-order chi connectivity index (χ1) is 12.2. The summed E-state index contributed by atoms with van der Waals surface area (Å²) in [6.07, 6.45) is 0.609. The van der Waals surface area contributed by atoms with Crippen molar-refractivity contribution in [1.82, 2.24) is 4.98 Å². The molecule has 0 atom stereocenters. The molecule has 1 aromatic heterocycles. The Labute approximate surface area is 150 Å². The predicted molar refractivity (Wildman–Crippen MR) is 91.9 cm³/mol. The fraction of sp³-hybridized carbons (Fsp3) is 0.278. The summed E-state index contributed by atoms with van der Waals surface area (Å²) >= 11 is 0. The van der Waals surface area contributed by atoms with Crippen LogP contribution in [0.2, 0.25) is 0 Å². The van der Waals surface area contributed by atoms with E-state index < -0.39 is 23.5 Å². The molecule has 2 aromatic rings. The number of hydrogen-bond acceptors (Lipinski definition) is 6. The van der Waals surface area contributed by atoms with Crippen molar-refractivity contribution in [3.63, 3.8) is 0 Å². The van der Waals surface area contributed by atoms with Crippen molar-refractivity contribution in [3.05, 3.63) is 48.0 Å². The number of nitrogens with zero attached hydrogens (tertiary/aromatic N) is 1. The number of ether oxygens (including phenoxy) is 3. The van der Waals surface area contributed by atoms with E-state index in [2.05, 4.69) is 15.0 Å². The van der Waals surface area contributed by atoms with Crippen LogP contribution in [0.25, 0.3) is 0 Å². The molecular weight excluding hydrogens is 343 g/mol. The summed E-state index contributed by atoms with van der Waals surface area (Å²) in [4.78, 5) is 27.0. The van der Waals surface area contributed by atoms with Crippen molar-refractivity contribution in [3.8, 4) is 11.5 Å². The zero-order valence-corrected chi connectivity index (χ0v) is 14.8. The van der Waals surface area contributed by atoms with Gasteiger partial charge in [0, 0.05) is 18.3 Å². The number of methoxy groups -OCH3 is 1. The summed E-state index contributed by atoms with van der Waals surface area (Å²) in [7, 11) is 1.24. The number of anilines is 1. The first kappa shape index (κ1) is 19.2. The molecule has 0 aliphatic carbocycles. The highest BCUT2D eigenvalue weighted by molar-refractivity contribution is 5.87. The molecule has 0 saturated heterocycles. The number of aromatic nitrogens is 1. The van der Waals surface area contributed by atoms with Gasteiger partial charge in [-0.3, -0.25) is 5.32 Å². The highest BCUT2D eigenvalue weighted by Crippen LogP contribution is 2.26. The molecule has 1 N–H and O–H groups in total. The second-order valence-electron chi connectivity index (χ2n) is 6.24. The van der Waals surface area contributed by atoms with Crippen molar-refractivity contribution in [2.24, 2.45) is 0 Å². The van der Waals surface area contributed by atoms with Gasteiger partial charge in [-0.15, -0.1) is 0 Å². The maximum Gasteiger partial charge on any atom is 0.412 e. The third-order valence-electron chi connectivity index (χ3n) is 2.94. The van der Waals surface area contributed by atoms with Crippen LogP contribution in [0, 0.1) is 5.82 Å². The van der Waals surface area contributed by atoms with Crippen LogP contribution in [0.4, 0.5) is 14.9 Å². The van der Waals surface area contributed by atoms with Gasteiger partial charge in [0.25, 0.3) is 0 Å². The van der Waals surface area contributed by atoms with E-state index >= 15 is 0 Å². The van der Waals surface area contributed by atoms with Crippen LogP contribution in [0.5, 0.6) is 11.5 Å². The molecule has 2 rings (SSSR count). The van der Waals surface area contributed by atoms with Gasteiger partial charge in [0.15, 0.2) is 11.5 Å². The molecule has 0 radical (unpaired) electrons. The van der Waals surface area contributed by atoms with E-state index in [-0.39, 0.29) is 22.9 Å². The van der Waals surface area contributed by atoms with Crippen molar-refractivity contribution in [1.29, 1.82) is 0 Å². The van der Waals surface area contributed by atoms with E-state index in [0.29, 0.717) is 0 Å². The molecule has 0 fully saturated rings. The monoisotopic (exact) mass is 362 g/mol. The Morgan fingerprint density at radius 3 is 2.42 bits per heavy atom. The van der Waals surface area contributed by atoms with Crippen molar-refractivity contribution in [2.75, 3.05) is 12.4 Å². The largest absolute Gasteiger partial charge is 0.464 e. The highest BCUT2D eigenvalue weighted by atomic mass is 19.1. The zero-order valence-electron chi connectivity index (χ0n) is 14.8. The van der Waals surface area contributed by atoms with E-state index in [4.69, 9.17) is 9.47 Å². The molecule has 0 aliphatic rings. The lowest BCUT2D eigenvalue weighted by Crippen LogP contribution is -2.27. The normalized spacial score (nSPS) is 10.8. The molecule has 26 heavy (non-hydrogen) atoms. The van der Waals surface area contributed by atoms with Gasteiger partial charge in [0.05, 0.1) is 12.8 Å². The van der Waals surface area contributed by atoms with Gasteiger partial charge in [-0.25, -0.2) is 19.0 Å². The van der Waals surface area contributed by atoms with Crippen LogP contribution < -0.4 is 10.1 Å². The lowest BCUT2D eigenvalue weighted by molar-refractivity contribution is 0.0591. The maximum atomic E-state index is 14.2. The van der Waals surface area contributed by atoms with Crippen LogP contribution in [0.15, 0.2) is 36.5 Å². The lowest BCUT2D eigenvalue weighted by Gasteiger charge is -2.19. The Morgan fingerprint density at radius 2 is 1.81 bits per heavy atom. The lowest BCUT2D eigenvalue weighted by atomic mass is 10.2. The minimum absolute atomic E-state index is 0.0448. The summed E-state index contributed by atoms with van der Waals surface area (Å²) in [5, 5.41) is 2.33. The van der Waals surface area contributed by atoms with Crippen molar-refractivity contribution >= 4 is 17.7 Å². The molecule has 0 spiro atoms. The van der Waals surface area contributed by atoms with E-state index in [0.717, 1.165) is 6.07 Å². The highest BCUT2D eigenvalue weighted by Gasteiger charge is 2.17. The number of nitrogens with one attached hydrogen (secondary N) is 1. The molecule has 0 bridgehead atoms. The number of carbonyl (C=O) groups excluding carboxylic acids is 2. The van der Waals surface area contributed by atoms with Crippen LogP contribution >= 0.6 is 0 Å². The number of esters is 1. The average molecular weight is 362 g/mol. The summed E-state index contributed by atoms with van der Waals surface area (Å²) in [6.45, 7) is 5.12. The molecule has 0 aliphatic heterocycles. The van der Waals surface area contributed by atoms with E-state index in [1.807, 2.05) is 0 Å². The van der Waals surface area contributed by atoms with Crippen LogP contribution in [-0.2, 0) is 9.47 Å².